The molecule has 0 spiro atoms. The molecule has 1 heterocycles. The summed E-state index contributed by atoms with van der Waals surface area (Å²) in [5, 5.41) is 4.33. The second kappa shape index (κ2) is 5.19. The van der Waals surface area contributed by atoms with Gasteiger partial charge < -0.3 is 5.73 Å². The Hall–Kier alpha value is -0.870. The van der Waals surface area contributed by atoms with Crippen molar-refractivity contribution in [2.45, 2.75) is 44.7 Å². The van der Waals surface area contributed by atoms with E-state index in [1.54, 1.807) is 0 Å². The number of hydrogen-bond acceptors (Lipinski definition) is 3. The topological polar surface area (TPSA) is 47.1 Å². The molecule has 0 aromatic carbocycles. The first-order valence-electron chi connectivity index (χ1n) is 6.55. The standard InChI is InChI=1S/C13H24N4/c1-10-12(9-15-17(10)3)13(8-14)16(2)11-6-4-5-7-11/h9,11,13H,4-8,14H2,1-3H3. The Morgan fingerprint density at radius 1 is 1.53 bits per heavy atom. The van der Waals surface area contributed by atoms with Crippen LogP contribution in [-0.4, -0.2) is 34.3 Å². The van der Waals surface area contributed by atoms with Crippen LogP contribution in [0.1, 0.15) is 43.0 Å². The highest BCUT2D eigenvalue weighted by Crippen LogP contribution is 2.30. The van der Waals surface area contributed by atoms with Crippen molar-refractivity contribution < 1.29 is 0 Å². The zero-order chi connectivity index (χ0) is 12.4. The molecule has 0 aliphatic heterocycles. The van der Waals surface area contributed by atoms with E-state index in [4.69, 9.17) is 5.73 Å². The normalized spacial score (nSPS) is 19.1. The Balaban J connectivity index is 2.17. The Bertz CT molecular complexity index is 365. The average Bonchev–Trinajstić information content (AvgIpc) is 2.94. The van der Waals surface area contributed by atoms with Gasteiger partial charge in [0.15, 0.2) is 0 Å². The van der Waals surface area contributed by atoms with Crippen LogP contribution in [0.3, 0.4) is 0 Å². The van der Waals surface area contributed by atoms with Crippen LogP contribution in [0.4, 0.5) is 0 Å². The van der Waals surface area contributed by atoms with Gasteiger partial charge in [-0.05, 0) is 26.8 Å². The second-order valence-electron chi connectivity index (χ2n) is 5.16. The molecule has 4 nitrogen and oxygen atoms in total. The molecule has 1 fully saturated rings. The Morgan fingerprint density at radius 3 is 2.65 bits per heavy atom. The highest BCUT2D eigenvalue weighted by atomic mass is 15.3. The van der Waals surface area contributed by atoms with Crippen molar-refractivity contribution in [1.82, 2.24) is 14.7 Å². The second-order valence-corrected chi connectivity index (χ2v) is 5.16. The van der Waals surface area contributed by atoms with E-state index in [9.17, 15) is 0 Å². The number of aromatic nitrogens is 2. The molecule has 2 rings (SSSR count). The maximum Gasteiger partial charge on any atom is 0.0540 e. The van der Waals surface area contributed by atoms with E-state index in [2.05, 4.69) is 24.0 Å². The maximum atomic E-state index is 5.97. The molecule has 1 aliphatic rings. The molecule has 0 radical (unpaired) electrons. The Morgan fingerprint density at radius 2 is 2.18 bits per heavy atom. The van der Waals surface area contributed by atoms with Crippen molar-refractivity contribution in [1.29, 1.82) is 0 Å². The molecule has 2 N–H and O–H groups in total. The van der Waals surface area contributed by atoms with Crippen molar-refractivity contribution in [3.8, 4) is 0 Å². The number of likely N-dealkylation sites (N-methyl/N-ethyl adjacent to an activating group) is 1. The van der Waals surface area contributed by atoms with Crippen molar-refractivity contribution in [2.24, 2.45) is 12.8 Å². The molecule has 1 aromatic heterocycles. The van der Waals surface area contributed by atoms with E-state index in [0.29, 0.717) is 18.6 Å². The third-order valence-electron chi connectivity index (χ3n) is 4.25. The smallest absolute Gasteiger partial charge is 0.0540 e. The Kier molecular flexibility index (Phi) is 3.84. The first-order valence-corrected chi connectivity index (χ1v) is 6.55. The van der Waals surface area contributed by atoms with Crippen LogP contribution >= 0.6 is 0 Å². The SMILES string of the molecule is Cc1c(C(CN)N(C)C2CCCC2)cnn1C. The summed E-state index contributed by atoms with van der Waals surface area (Å²) in [6, 6.07) is 1.01. The number of rotatable bonds is 4. The van der Waals surface area contributed by atoms with Crippen molar-refractivity contribution in [3.05, 3.63) is 17.5 Å². The van der Waals surface area contributed by atoms with Gasteiger partial charge in [-0.1, -0.05) is 12.8 Å². The maximum absolute atomic E-state index is 5.97. The lowest BCUT2D eigenvalue weighted by Gasteiger charge is -2.32. The lowest BCUT2D eigenvalue weighted by Crippen LogP contribution is -2.37. The molecule has 96 valence electrons. The van der Waals surface area contributed by atoms with Gasteiger partial charge in [-0.15, -0.1) is 0 Å². The van der Waals surface area contributed by atoms with Crippen molar-refractivity contribution in [2.75, 3.05) is 13.6 Å². The molecule has 1 saturated carbocycles. The predicted octanol–water partition coefficient (Wildman–Crippen LogP) is 1.60. The molecule has 1 unspecified atom stereocenters. The zero-order valence-corrected chi connectivity index (χ0v) is 11.2. The van der Waals surface area contributed by atoms with Crippen LogP contribution < -0.4 is 5.73 Å². The highest BCUT2D eigenvalue weighted by Gasteiger charge is 2.27. The summed E-state index contributed by atoms with van der Waals surface area (Å²) < 4.78 is 1.93. The predicted molar refractivity (Wildman–Crippen MR) is 69.8 cm³/mol. The summed E-state index contributed by atoms with van der Waals surface area (Å²) >= 11 is 0. The first kappa shape index (κ1) is 12.6. The molecule has 1 atom stereocenters. The van der Waals surface area contributed by atoms with Crippen LogP contribution in [0.2, 0.25) is 0 Å². The van der Waals surface area contributed by atoms with Gasteiger partial charge in [0.25, 0.3) is 0 Å². The summed E-state index contributed by atoms with van der Waals surface area (Å²) in [7, 11) is 4.20. The van der Waals surface area contributed by atoms with Gasteiger partial charge in [-0.2, -0.15) is 5.10 Å². The Labute approximate surface area is 104 Å². The highest BCUT2D eigenvalue weighted by molar-refractivity contribution is 5.21. The lowest BCUT2D eigenvalue weighted by atomic mass is 10.0. The summed E-state index contributed by atoms with van der Waals surface area (Å²) in [4.78, 5) is 2.46. The third kappa shape index (κ3) is 2.38. The van der Waals surface area contributed by atoms with Crippen molar-refractivity contribution >= 4 is 0 Å². The molecule has 0 saturated heterocycles. The van der Waals surface area contributed by atoms with E-state index >= 15 is 0 Å². The fourth-order valence-electron chi connectivity index (χ4n) is 2.92. The molecular weight excluding hydrogens is 212 g/mol. The summed E-state index contributed by atoms with van der Waals surface area (Å²) in [6.45, 7) is 2.78. The fraction of sp³-hybridized carbons (Fsp3) is 0.769. The van der Waals surface area contributed by atoms with Gasteiger partial charge in [0.05, 0.1) is 12.2 Å². The monoisotopic (exact) mass is 236 g/mol. The fourth-order valence-corrected chi connectivity index (χ4v) is 2.92. The van der Waals surface area contributed by atoms with Gasteiger partial charge in [0.1, 0.15) is 0 Å². The first-order chi connectivity index (χ1) is 8.15. The van der Waals surface area contributed by atoms with Crippen LogP contribution in [-0.2, 0) is 7.05 Å². The summed E-state index contributed by atoms with van der Waals surface area (Å²) in [5.74, 6) is 0. The van der Waals surface area contributed by atoms with Crippen LogP contribution in [0.5, 0.6) is 0 Å². The minimum atomic E-state index is 0.312. The van der Waals surface area contributed by atoms with Crippen LogP contribution in [0.25, 0.3) is 0 Å². The number of aryl methyl sites for hydroxylation is 1. The van der Waals surface area contributed by atoms with Crippen LogP contribution in [0, 0.1) is 6.92 Å². The summed E-state index contributed by atoms with van der Waals surface area (Å²) in [6.07, 6.45) is 7.31. The molecule has 1 aliphatic carbocycles. The van der Waals surface area contributed by atoms with E-state index in [-0.39, 0.29) is 0 Å². The molecule has 1 aromatic rings. The van der Waals surface area contributed by atoms with Crippen LogP contribution in [0.15, 0.2) is 6.20 Å². The molecular formula is C13H24N4. The van der Waals surface area contributed by atoms with Gasteiger partial charge in [-0.25, -0.2) is 0 Å². The molecule has 4 heteroatoms. The van der Waals surface area contributed by atoms with Gasteiger partial charge in [-0.3, -0.25) is 9.58 Å². The molecule has 0 bridgehead atoms. The minimum Gasteiger partial charge on any atom is -0.329 e. The lowest BCUT2D eigenvalue weighted by molar-refractivity contribution is 0.179. The van der Waals surface area contributed by atoms with Gasteiger partial charge in [0, 0.05) is 30.9 Å². The van der Waals surface area contributed by atoms with E-state index in [1.807, 2.05) is 17.9 Å². The summed E-state index contributed by atoms with van der Waals surface area (Å²) in [5.41, 5.74) is 8.48. The van der Waals surface area contributed by atoms with E-state index < -0.39 is 0 Å². The molecule has 0 amide bonds. The largest absolute Gasteiger partial charge is 0.329 e. The quantitative estimate of drug-likeness (QED) is 0.864. The average molecular weight is 236 g/mol. The van der Waals surface area contributed by atoms with Gasteiger partial charge in [0.2, 0.25) is 0 Å². The molecule has 17 heavy (non-hydrogen) atoms. The minimum absolute atomic E-state index is 0.312. The van der Waals surface area contributed by atoms with E-state index in [1.165, 1.54) is 36.9 Å². The third-order valence-corrected chi connectivity index (χ3v) is 4.25. The van der Waals surface area contributed by atoms with E-state index in [0.717, 1.165) is 0 Å². The van der Waals surface area contributed by atoms with Crippen molar-refractivity contribution in [3.63, 3.8) is 0 Å². The zero-order valence-electron chi connectivity index (χ0n) is 11.2. The number of nitrogens with zero attached hydrogens (tertiary/aromatic N) is 3. The number of nitrogens with two attached hydrogens (primary N) is 1. The van der Waals surface area contributed by atoms with Gasteiger partial charge >= 0.3 is 0 Å². The number of hydrogen-bond donors (Lipinski definition) is 1.